The van der Waals surface area contributed by atoms with Crippen molar-refractivity contribution in [3.8, 4) is 0 Å². The zero-order chi connectivity index (χ0) is 34.1. The predicted octanol–water partition coefficient (Wildman–Crippen LogP) is 1.97. The van der Waals surface area contributed by atoms with Gasteiger partial charge in [0.1, 0.15) is 31.6 Å². The fourth-order valence-corrected chi connectivity index (χ4v) is 6.42. The van der Waals surface area contributed by atoms with Gasteiger partial charge < -0.3 is 20.6 Å². The van der Waals surface area contributed by atoms with Crippen LogP contribution >= 0.6 is 0 Å². The smallest absolute Gasteiger partial charge is 0.744 e. The first kappa shape index (κ1) is 39.0. The standard InChI is InChI=1S/C34H26N6O6S2.2Na/c35-29-17-13-21-5-1-3-7-27(21)33(29)39-37-25-15-11-23(31(19-25)47(41,42)43)9-10-24-12-16-26(20-32(24)48(44,45)46)38-40-34-28-8-4-2-6-22(28)14-18-30(34)36;;/h1-20H,35-36H2,(H,41,42,43)(H,44,45,46);;/q;2*+1/p-2/b10-9+,39-37?,40-38?;;. The number of nitrogens with two attached hydrogens (primary N) is 2. The molecule has 0 aliphatic rings. The Morgan fingerprint density at radius 1 is 0.500 bits per heavy atom. The molecule has 4 N–H and O–H groups in total. The van der Waals surface area contributed by atoms with Crippen molar-refractivity contribution >= 4 is 88.1 Å². The first-order valence-electron chi connectivity index (χ1n) is 14.1. The molecule has 240 valence electrons. The van der Waals surface area contributed by atoms with Gasteiger partial charge in [-0.1, -0.05) is 84.9 Å². The molecule has 0 bridgehead atoms. The van der Waals surface area contributed by atoms with Gasteiger partial charge in [-0.2, -0.15) is 10.2 Å². The van der Waals surface area contributed by atoms with Crippen LogP contribution in [0, 0.1) is 0 Å². The minimum Gasteiger partial charge on any atom is -0.744 e. The Labute approximate surface area is 332 Å². The SMILES string of the molecule is Nc1ccc2ccccc2c1N=Nc1ccc(/C=C/c2ccc(N=Nc3c(N)ccc4ccccc34)cc2S(=O)(=O)[O-])c(S(=O)(=O)[O-])c1.[Na+].[Na+]. The minimum atomic E-state index is -5.03. The zero-order valence-corrected chi connectivity index (χ0v) is 32.4. The first-order valence-corrected chi connectivity index (χ1v) is 17.0. The minimum absolute atomic E-state index is 0. The van der Waals surface area contributed by atoms with E-state index in [2.05, 4.69) is 20.5 Å². The molecule has 6 aromatic rings. The van der Waals surface area contributed by atoms with Crippen molar-refractivity contribution in [2.45, 2.75) is 9.79 Å². The quantitative estimate of drug-likeness (QED) is 0.0777. The largest absolute Gasteiger partial charge is 1.00 e. The van der Waals surface area contributed by atoms with Crippen molar-refractivity contribution in [2.75, 3.05) is 11.5 Å². The van der Waals surface area contributed by atoms with E-state index in [9.17, 15) is 25.9 Å². The van der Waals surface area contributed by atoms with Gasteiger partial charge in [0, 0.05) is 10.8 Å². The average molecular weight is 723 g/mol. The number of anilines is 2. The third kappa shape index (κ3) is 8.73. The number of nitrogens with zero attached hydrogens (tertiary/aromatic N) is 4. The van der Waals surface area contributed by atoms with Crippen molar-refractivity contribution < 1.29 is 85.1 Å². The molecule has 0 heterocycles. The zero-order valence-electron chi connectivity index (χ0n) is 26.8. The van der Waals surface area contributed by atoms with Crippen LogP contribution in [0.2, 0.25) is 0 Å². The molecule has 0 atom stereocenters. The summed E-state index contributed by atoms with van der Waals surface area (Å²) >= 11 is 0. The van der Waals surface area contributed by atoms with Crippen molar-refractivity contribution in [2.24, 2.45) is 20.5 Å². The molecule has 0 aromatic heterocycles. The molecule has 0 radical (unpaired) electrons. The molecule has 0 spiro atoms. The van der Waals surface area contributed by atoms with E-state index in [4.69, 9.17) is 11.5 Å². The van der Waals surface area contributed by atoms with Gasteiger partial charge >= 0.3 is 59.1 Å². The van der Waals surface area contributed by atoms with Gasteiger partial charge in [-0.25, -0.2) is 16.8 Å². The van der Waals surface area contributed by atoms with E-state index < -0.39 is 30.0 Å². The maximum absolute atomic E-state index is 12.2. The van der Waals surface area contributed by atoms with Crippen LogP contribution in [-0.2, 0) is 20.2 Å². The molecule has 0 aliphatic carbocycles. The Bertz CT molecular complexity index is 2390. The van der Waals surface area contributed by atoms with Crippen molar-refractivity contribution in [1.82, 2.24) is 0 Å². The summed E-state index contributed by atoms with van der Waals surface area (Å²) in [4.78, 5) is -1.27. The molecule has 0 saturated carbocycles. The second kappa shape index (κ2) is 16.0. The summed E-state index contributed by atoms with van der Waals surface area (Å²) in [5.41, 5.74) is 13.6. The van der Waals surface area contributed by atoms with E-state index in [1.165, 1.54) is 36.4 Å². The van der Waals surface area contributed by atoms with E-state index in [0.29, 0.717) is 22.7 Å². The summed E-state index contributed by atoms with van der Waals surface area (Å²) in [7, 11) is -10.1. The molecule has 50 heavy (non-hydrogen) atoms. The second-order valence-electron chi connectivity index (χ2n) is 10.5. The van der Waals surface area contributed by atoms with E-state index in [1.54, 1.807) is 12.1 Å². The van der Waals surface area contributed by atoms with Crippen molar-refractivity contribution in [3.05, 3.63) is 120 Å². The number of fused-ring (bicyclic) bond motifs is 2. The number of azo groups is 2. The van der Waals surface area contributed by atoms with Gasteiger partial charge in [0.2, 0.25) is 0 Å². The van der Waals surface area contributed by atoms with Crippen LogP contribution in [0.15, 0.2) is 139 Å². The number of hydrogen-bond donors (Lipinski definition) is 2. The first-order chi connectivity index (χ1) is 22.9. The van der Waals surface area contributed by atoms with Gasteiger partial charge in [0.15, 0.2) is 0 Å². The molecule has 16 heteroatoms. The van der Waals surface area contributed by atoms with Crippen molar-refractivity contribution in [1.29, 1.82) is 0 Å². The summed E-state index contributed by atoms with van der Waals surface area (Å²) in [6.45, 7) is 0. The molecular formula is C34H24N6Na2O6S2. The number of benzene rings is 6. The van der Waals surface area contributed by atoms with E-state index >= 15 is 0 Å². The molecule has 6 aromatic carbocycles. The fraction of sp³-hybridized carbons (Fsp3) is 0. The summed E-state index contributed by atoms with van der Waals surface area (Å²) in [5, 5.41) is 19.8. The molecule has 12 nitrogen and oxygen atoms in total. The van der Waals surface area contributed by atoms with Gasteiger partial charge in [-0.3, -0.25) is 0 Å². The van der Waals surface area contributed by atoms with Crippen LogP contribution in [0.3, 0.4) is 0 Å². The average Bonchev–Trinajstić information content (AvgIpc) is 3.06. The van der Waals surface area contributed by atoms with Crippen LogP contribution < -0.4 is 70.6 Å². The topological polar surface area (TPSA) is 216 Å². The van der Waals surface area contributed by atoms with Crippen LogP contribution in [0.4, 0.5) is 34.1 Å². The molecule has 0 fully saturated rings. The molecule has 0 amide bonds. The normalized spacial score (nSPS) is 12.1. The van der Waals surface area contributed by atoms with Gasteiger partial charge in [-0.15, -0.1) is 10.2 Å². The number of rotatable bonds is 8. The van der Waals surface area contributed by atoms with E-state index in [-0.39, 0.29) is 81.6 Å². The van der Waals surface area contributed by atoms with Gasteiger partial charge in [0.05, 0.1) is 32.5 Å². The maximum Gasteiger partial charge on any atom is 1.00 e. The molecule has 6 rings (SSSR count). The number of nitrogen functional groups attached to an aromatic ring is 2. The maximum atomic E-state index is 12.2. The summed E-state index contributed by atoms with van der Waals surface area (Å²) in [6.07, 6.45) is 2.41. The summed E-state index contributed by atoms with van der Waals surface area (Å²) < 4.78 is 73.4. The molecule has 0 aliphatic heterocycles. The van der Waals surface area contributed by atoms with Crippen LogP contribution in [0.1, 0.15) is 11.1 Å². The van der Waals surface area contributed by atoms with Gasteiger partial charge in [0.25, 0.3) is 0 Å². The number of hydrogen-bond acceptors (Lipinski definition) is 12. The Kier molecular flexibility index (Phi) is 12.5. The second-order valence-corrected chi connectivity index (χ2v) is 13.2. The summed E-state index contributed by atoms with van der Waals surface area (Å²) in [5.74, 6) is 0. The van der Waals surface area contributed by atoms with E-state index in [1.807, 2.05) is 60.7 Å². The third-order valence-electron chi connectivity index (χ3n) is 7.37. The Balaban J connectivity index is 0.00000281. The van der Waals surface area contributed by atoms with E-state index in [0.717, 1.165) is 33.7 Å². The van der Waals surface area contributed by atoms with Crippen LogP contribution in [-0.4, -0.2) is 25.9 Å². The summed E-state index contributed by atoms with van der Waals surface area (Å²) in [6, 6.07) is 29.3. The van der Waals surface area contributed by atoms with Crippen molar-refractivity contribution in [3.63, 3.8) is 0 Å². The fourth-order valence-electron chi connectivity index (χ4n) is 5.04. The Hall–Kier alpha value is -3.80. The van der Waals surface area contributed by atoms with Crippen LogP contribution in [0.5, 0.6) is 0 Å². The Morgan fingerprint density at radius 2 is 0.880 bits per heavy atom. The van der Waals surface area contributed by atoms with Gasteiger partial charge in [-0.05, 0) is 58.3 Å². The Morgan fingerprint density at radius 3 is 1.26 bits per heavy atom. The molecule has 0 unspecified atom stereocenters. The molecule has 0 saturated heterocycles. The predicted molar refractivity (Wildman–Crippen MR) is 183 cm³/mol. The molecular weight excluding hydrogens is 699 g/mol. The monoisotopic (exact) mass is 722 g/mol. The third-order valence-corrected chi connectivity index (χ3v) is 9.15. The van der Waals surface area contributed by atoms with Crippen LogP contribution in [0.25, 0.3) is 33.7 Å².